The Balaban J connectivity index is 2.09. The average molecular weight is 282 g/mol. The highest BCUT2D eigenvalue weighted by atomic mass is 15.1. The summed E-state index contributed by atoms with van der Waals surface area (Å²) in [6.45, 7) is 6.23. The molecule has 2 aromatic rings. The summed E-state index contributed by atoms with van der Waals surface area (Å²) in [4.78, 5) is 2.23. The van der Waals surface area contributed by atoms with E-state index in [9.17, 15) is 0 Å². The Hall–Kier alpha value is -1.64. The second-order valence-electron chi connectivity index (χ2n) is 6.04. The molecular weight excluding hydrogens is 256 g/mol. The van der Waals surface area contributed by atoms with E-state index in [2.05, 4.69) is 86.7 Å². The van der Waals surface area contributed by atoms with Crippen LogP contribution in [0.1, 0.15) is 28.3 Å². The van der Waals surface area contributed by atoms with Crippen LogP contribution >= 0.6 is 0 Å². The molecule has 1 N–H and O–H groups in total. The third kappa shape index (κ3) is 4.69. The summed E-state index contributed by atoms with van der Waals surface area (Å²) in [6, 6.07) is 17.7. The molecule has 0 bridgehead atoms. The van der Waals surface area contributed by atoms with E-state index in [4.69, 9.17) is 0 Å². The standard InChI is InChI=1S/C19H26N2/c1-15-10-11-18(16(2)12-15)13-20-19(14-21(3)4)17-8-6-5-7-9-17/h5-12,19-20H,13-14H2,1-4H3. The van der Waals surface area contributed by atoms with Crippen molar-refractivity contribution >= 4 is 0 Å². The Morgan fingerprint density at radius 2 is 1.71 bits per heavy atom. The maximum Gasteiger partial charge on any atom is 0.0451 e. The van der Waals surface area contributed by atoms with E-state index in [-0.39, 0.29) is 0 Å². The molecule has 2 nitrogen and oxygen atoms in total. The van der Waals surface area contributed by atoms with Crippen molar-refractivity contribution in [3.8, 4) is 0 Å². The molecule has 2 heteroatoms. The normalized spacial score (nSPS) is 12.6. The van der Waals surface area contributed by atoms with Gasteiger partial charge in [-0.15, -0.1) is 0 Å². The van der Waals surface area contributed by atoms with Gasteiger partial charge < -0.3 is 10.2 Å². The van der Waals surface area contributed by atoms with Crippen LogP contribution in [0.3, 0.4) is 0 Å². The number of rotatable bonds is 6. The molecule has 0 saturated carbocycles. The molecule has 1 unspecified atom stereocenters. The molecule has 0 spiro atoms. The van der Waals surface area contributed by atoms with Crippen molar-refractivity contribution in [1.82, 2.24) is 10.2 Å². The summed E-state index contributed by atoms with van der Waals surface area (Å²) in [7, 11) is 4.24. The van der Waals surface area contributed by atoms with E-state index in [1.165, 1.54) is 22.3 Å². The molecule has 0 aliphatic rings. The van der Waals surface area contributed by atoms with Gasteiger partial charge in [0.2, 0.25) is 0 Å². The van der Waals surface area contributed by atoms with Gasteiger partial charge in [0, 0.05) is 19.1 Å². The lowest BCUT2D eigenvalue weighted by Crippen LogP contribution is -2.31. The van der Waals surface area contributed by atoms with Gasteiger partial charge in [-0.3, -0.25) is 0 Å². The minimum Gasteiger partial charge on any atom is -0.308 e. The zero-order valence-corrected chi connectivity index (χ0v) is 13.6. The number of nitrogens with one attached hydrogen (secondary N) is 1. The highest BCUT2D eigenvalue weighted by Crippen LogP contribution is 2.16. The quantitative estimate of drug-likeness (QED) is 0.869. The first-order valence-electron chi connectivity index (χ1n) is 7.55. The van der Waals surface area contributed by atoms with Crippen molar-refractivity contribution in [3.63, 3.8) is 0 Å². The average Bonchev–Trinajstić information content (AvgIpc) is 2.45. The molecule has 0 aliphatic carbocycles. The van der Waals surface area contributed by atoms with Crippen molar-refractivity contribution in [1.29, 1.82) is 0 Å². The first kappa shape index (κ1) is 15.7. The largest absolute Gasteiger partial charge is 0.308 e. The number of aryl methyl sites for hydroxylation is 2. The van der Waals surface area contributed by atoms with E-state index in [1.807, 2.05) is 0 Å². The number of nitrogens with zero attached hydrogens (tertiary/aromatic N) is 1. The fourth-order valence-electron chi connectivity index (χ4n) is 2.62. The molecule has 2 aromatic carbocycles. The Labute approximate surface area is 128 Å². The first-order chi connectivity index (χ1) is 10.1. The molecule has 0 aliphatic heterocycles. The topological polar surface area (TPSA) is 15.3 Å². The lowest BCUT2D eigenvalue weighted by atomic mass is 10.0. The van der Waals surface area contributed by atoms with E-state index in [1.54, 1.807) is 0 Å². The molecule has 0 fully saturated rings. The highest BCUT2D eigenvalue weighted by molar-refractivity contribution is 5.30. The summed E-state index contributed by atoms with van der Waals surface area (Å²) in [5.74, 6) is 0. The van der Waals surface area contributed by atoms with Crippen molar-refractivity contribution in [3.05, 3.63) is 70.8 Å². The van der Waals surface area contributed by atoms with Gasteiger partial charge in [-0.1, -0.05) is 54.1 Å². The fourth-order valence-corrected chi connectivity index (χ4v) is 2.62. The SMILES string of the molecule is Cc1ccc(CNC(CN(C)C)c2ccccc2)c(C)c1. The molecular formula is C19H26N2. The molecule has 0 amide bonds. The van der Waals surface area contributed by atoms with Crippen LogP contribution in [0.4, 0.5) is 0 Å². The minimum absolute atomic E-state index is 0.349. The first-order valence-corrected chi connectivity index (χ1v) is 7.55. The number of hydrogen-bond donors (Lipinski definition) is 1. The second kappa shape index (κ2) is 7.39. The number of likely N-dealkylation sites (N-methyl/N-ethyl adjacent to an activating group) is 1. The summed E-state index contributed by atoms with van der Waals surface area (Å²) in [6.07, 6.45) is 0. The predicted octanol–water partition coefficient (Wildman–Crippen LogP) is 3.70. The van der Waals surface area contributed by atoms with Gasteiger partial charge in [-0.2, -0.15) is 0 Å². The summed E-state index contributed by atoms with van der Waals surface area (Å²) in [5.41, 5.74) is 5.40. The summed E-state index contributed by atoms with van der Waals surface area (Å²) >= 11 is 0. The molecule has 21 heavy (non-hydrogen) atoms. The van der Waals surface area contributed by atoms with Crippen molar-refractivity contribution in [2.45, 2.75) is 26.4 Å². The highest BCUT2D eigenvalue weighted by Gasteiger charge is 2.12. The van der Waals surface area contributed by atoms with Crippen molar-refractivity contribution in [2.75, 3.05) is 20.6 Å². The molecule has 0 heterocycles. The third-order valence-corrected chi connectivity index (χ3v) is 3.79. The van der Waals surface area contributed by atoms with Crippen molar-refractivity contribution in [2.24, 2.45) is 0 Å². The van der Waals surface area contributed by atoms with Crippen LogP contribution in [-0.4, -0.2) is 25.5 Å². The number of hydrogen-bond acceptors (Lipinski definition) is 2. The van der Waals surface area contributed by atoms with Gasteiger partial charge in [-0.05, 0) is 44.6 Å². The van der Waals surface area contributed by atoms with Gasteiger partial charge in [-0.25, -0.2) is 0 Å². The van der Waals surface area contributed by atoms with Gasteiger partial charge >= 0.3 is 0 Å². The maximum absolute atomic E-state index is 3.70. The Morgan fingerprint density at radius 3 is 2.33 bits per heavy atom. The van der Waals surface area contributed by atoms with Crippen LogP contribution in [0.2, 0.25) is 0 Å². The molecule has 112 valence electrons. The molecule has 2 rings (SSSR count). The molecule has 0 radical (unpaired) electrons. The smallest absolute Gasteiger partial charge is 0.0451 e. The van der Waals surface area contributed by atoms with Crippen LogP contribution in [-0.2, 0) is 6.54 Å². The van der Waals surface area contributed by atoms with Crippen molar-refractivity contribution < 1.29 is 0 Å². The minimum atomic E-state index is 0.349. The van der Waals surface area contributed by atoms with E-state index in [0.29, 0.717) is 6.04 Å². The van der Waals surface area contributed by atoms with E-state index in [0.717, 1.165) is 13.1 Å². The van der Waals surface area contributed by atoms with Gasteiger partial charge in [0.05, 0.1) is 0 Å². The molecule has 1 atom stereocenters. The lowest BCUT2D eigenvalue weighted by molar-refractivity contribution is 0.340. The van der Waals surface area contributed by atoms with Gasteiger partial charge in [0.25, 0.3) is 0 Å². The lowest BCUT2D eigenvalue weighted by Gasteiger charge is -2.23. The fraction of sp³-hybridized carbons (Fsp3) is 0.368. The zero-order valence-electron chi connectivity index (χ0n) is 13.6. The van der Waals surface area contributed by atoms with E-state index >= 15 is 0 Å². The maximum atomic E-state index is 3.70. The monoisotopic (exact) mass is 282 g/mol. The number of benzene rings is 2. The third-order valence-electron chi connectivity index (χ3n) is 3.79. The Kier molecular flexibility index (Phi) is 5.54. The Bertz CT molecular complexity index is 561. The summed E-state index contributed by atoms with van der Waals surface area (Å²) in [5, 5.41) is 3.70. The van der Waals surface area contributed by atoms with Crippen LogP contribution < -0.4 is 5.32 Å². The predicted molar refractivity (Wildman–Crippen MR) is 90.5 cm³/mol. The second-order valence-corrected chi connectivity index (χ2v) is 6.04. The van der Waals surface area contributed by atoms with Crippen LogP contribution in [0.15, 0.2) is 48.5 Å². The van der Waals surface area contributed by atoms with Gasteiger partial charge in [0.15, 0.2) is 0 Å². The van der Waals surface area contributed by atoms with Crippen LogP contribution in [0, 0.1) is 13.8 Å². The van der Waals surface area contributed by atoms with Crippen LogP contribution in [0.25, 0.3) is 0 Å². The molecule has 0 saturated heterocycles. The summed E-state index contributed by atoms with van der Waals surface area (Å²) < 4.78 is 0. The van der Waals surface area contributed by atoms with Gasteiger partial charge in [0.1, 0.15) is 0 Å². The van der Waals surface area contributed by atoms with Crippen LogP contribution in [0.5, 0.6) is 0 Å². The zero-order chi connectivity index (χ0) is 15.2. The Morgan fingerprint density at radius 1 is 1.00 bits per heavy atom. The van der Waals surface area contributed by atoms with E-state index < -0.39 is 0 Å². The molecule has 0 aromatic heterocycles.